The maximum Gasteiger partial charge on any atom is 0.127 e. The number of nitrogens with one attached hydrogen (secondary N) is 1. The fourth-order valence-electron chi connectivity index (χ4n) is 2.22. The minimum Gasteiger partial charge on any atom is -0.497 e. The Kier molecular flexibility index (Phi) is 6.76. The molecule has 1 N–H and O–H groups in total. The Morgan fingerprint density at radius 3 is 2.52 bits per heavy atom. The van der Waals surface area contributed by atoms with Crippen LogP contribution in [0, 0.1) is 6.92 Å². The molecule has 23 heavy (non-hydrogen) atoms. The second-order valence-electron chi connectivity index (χ2n) is 5.27. The van der Waals surface area contributed by atoms with Crippen molar-refractivity contribution in [3.05, 3.63) is 53.6 Å². The lowest BCUT2D eigenvalue weighted by molar-refractivity contribution is 0.215. The molecule has 0 aliphatic carbocycles. The van der Waals surface area contributed by atoms with Crippen molar-refractivity contribution in [1.29, 1.82) is 0 Å². The van der Waals surface area contributed by atoms with Gasteiger partial charge in [0, 0.05) is 18.2 Å². The van der Waals surface area contributed by atoms with E-state index in [2.05, 4.69) is 12.2 Å². The highest BCUT2D eigenvalue weighted by atomic mass is 16.5. The second-order valence-corrected chi connectivity index (χ2v) is 5.27. The van der Waals surface area contributed by atoms with Gasteiger partial charge in [0.1, 0.15) is 30.5 Å². The van der Waals surface area contributed by atoms with E-state index in [1.807, 2.05) is 49.4 Å². The smallest absolute Gasteiger partial charge is 0.127 e. The Bertz CT molecular complexity index is 613. The first-order valence-corrected chi connectivity index (χ1v) is 7.93. The van der Waals surface area contributed by atoms with Crippen molar-refractivity contribution in [3.8, 4) is 17.2 Å². The summed E-state index contributed by atoms with van der Waals surface area (Å²) in [5.41, 5.74) is 2.30. The molecule has 2 aromatic rings. The molecule has 0 bridgehead atoms. The molecule has 0 aliphatic heterocycles. The van der Waals surface area contributed by atoms with E-state index in [1.54, 1.807) is 7.11 Å². The third-order valence-electron chi connectivity index (χ3n) is 3.44. The summed E-state index contributed by atoms with van der Waals surface area (Å²) in [6.07, 6.45) is 0. The average Bonchev–Trinajstić information content (AvgIpc) is 2.57. The molecule has 4 heteroatoms. The molecular weight excluding hydrogens is 290 g/mol. The number of aryl methyl sites for hydroxylation is 1. The standard InChI is InChI=1S/C19H25NO3/c1-4-20-14-16-8-9-17(21-3)13-19(16)23-11-10-22-18-7-5-6-15(2)12-18/h5-9,12-13,20H,4,10-11,14H2,1-3H3. The quantitative estimate of drug-likeness (QED) is 0.718. The van der Waals surface area contributed by atoms with Crippen molar-refractivity contribution in [2.75, 3.05) is 26.9 Å². The molecule has 0 spiro atoms. The van der Waals surface area contributed by atoms with Crippen molar-refractivity contribution < 1.29 is 14.2 Å². The highest BCUT2D eigenvalue weighted by molar-refractivity contribution is 5.40. The minimum atomic E-state index is 0.486. The van der Waals surface area contributed by atoms with Gasteiger partial charge in [-0.1, -0.05) is 25.1 Å². The number of benzene rings is 2. The van der Waals surface area contributed by atoms with E-state index in [9.17, 15) is 0 Å². The van der Waals surface area contributed by atoms with Crippen LogP contribution in [0.5, 0.6) is 17.2 Å². The maximum absolute atomic E-state index is 5.88. The third-order valence-corrected chi connectivity index (χ3v) is 3.44. The van der Waals surface area contributed by atoms with E-state index in [0.717, 1.165) is 35.9 Å². The van der Waals surface area contributed by atoms with E-state index >= 15 is 0 Å². The normalized spacial score (nSPS) is 10.4. The van der Waals surface area contributed by atoms with Gasteiger partial charge in [0.2, 0.25) is 0 Å². The maximum atomic E-state index is 5.88. The number of rotatable bonds is 9. The number of ether oxygens (including phenoxy) is 3. The number of hydrogen-bond acceptors (Lipinski definition) is 4. The van der Waals surface area contributed by atoms with Crippen LogP contribution in [-0.4, -0.2) is 26.9 Å². The summed E-state index contributed by atoms with van der Waals surface area (Å²) in [7, 11) is 1.66. The van der Waals surface area contributed by atoms with Crippen LogP contribution in [0.1, 0.15) is 18.1 Å². The number of methoxy groups -OCH3 is 1. The highest BCUT2D eigenvalue weighted by Crippen LogP contribution is 2.25. The van der Waals surface area contributed by atoms with Crippen molar-refractivity contribution in [2.45, 2.75) is 20.4 Å². The Labute approximate surface area is 138 Å². The molecule has 0 saturated carbocycles. The molecule has 0 unspecified atom stereocenters. The average molecular weight is 315 g/mol. The van der Waals surface area contributed by atoms with Crippen molar-refractivity contribution in [2.24, 2.45) is 0 Å². The summed E-state index contributed by atoms with van der Waals surface area (Å²) in [5, 5.41) is 3.31. The van der Waals surface area contributed by atoms with Gasteiger partial charge in [-0.05, 0) is 37.2 Å². The zero-order valence-electron chi connectivity index (χ0n) is 14.1. The molecule has 0 radical (unpaired) electrons. The largest absolute Gasteiger partial charge is 0.497 e. The highest BCUT2D eigenvalue weighted by Gasteiger charge is 2.06. The van der Waals surface area contributed by atoms with Crippen LogP contribution in [0.15, 0.2) is 42.5 Å². The third kappa shape index (κ3) is 5.49. The lowest BCUT2D eigenvalue weighted by Gasteiger charge is -2.14. The van der Waals surface area contributed by atoms with E-state index in [1.165, 1.54) is 5.56 Å². The molecular formula is C19H25NO3. The van der Waals surface area contributed by atoms with Gasteiger partial charge >= 0.3 is 0 Å². The van der Waals surface area contributed by atoms with Gasteiger partial charge < -0.3 is 19.5 Å². The van der Waals surface area contributed by atoms with Crippen molar-refractivity contribution >= 4 is 0 Å². The molecule has 124 valence electrons. The predicted molar refractivity (Wildman–Crippen MR) is 92.5 cm³/mol. The summed E-state index contributed by atoms with van der Waals surface area (Å²) in [4.78, 5) is 0. The molecule has 0 atom stereocenters. The predicted octanol–water partition coefficient (Wildman–Crippen LogP) is 3.57. The van der Waals surface area contributed by atoms with Gasteiger partial charge in [-0.2, -0.15) is 0 Å². The van der Waals surface area contributed by atoms with Crippen LogP contribution >= 0.6 is 0 Å². The Morgan fingerprint density at radius 2 is 1.78 bits per heavy atom. The van der Waals surface area contributed by atoms with Gasteiger partial charge in [0.25, 0.3) is 0 Å². The van der Waals surface area contributed by atoms with Crippen LogP contribution in [0.25, 0.3) is 0 Å². The van der Waals surface area contributed by atoms with Crippen LogP contribution < -0.4 is 19.5 Å². The zero-order chi connectivity index (χ0) is 16.5. The van der Waals surface area contributed by atoms with Crippen molar-refractivity contribution in [3.63, 3.8) is 0 Å². The SMILES string of the molecule is CCNCc1ccc(OC)cc1OCCOc1cccc(C)c1. The molecule has 0 saturated heterocycles. The Morgan fingerprint density at radius 1 is 0.957 bits per heavy atom. The van der Waals surface area contributed by atoms with Crippen LogP contribution in [0.3, 0.4) is 0 Å². The molecule has 2 aromatic carbocycles. The first-order chi connectivity index (χ1) is 11.2. The van der Waals surface area contributed by atoms with Gasteiger partial charge in [0.15, 0.2) is 0 Å². The van der Waals surface area contributed by atoms with Gasteiger partial charge in [-0.3, -0.25) is 0 Å². The van der Waals surface area contributed by atoms with Crippen LogP contribution in [0.2, 0.25) is 0 Å². The molecule has 0 amide bonds. The van der Waals surface area contributed by atoms with Crippen molar-refractivity contribution in [1.82, 2.24) is 5.32 Å². The van der Waals surface area contributed by atoms with Gasteiger partial charge in [-0.25, -0.2) is 0 Å². The summed E-state index contributed by atoms with van der Waals surface area (Å²) < 4.78 is 16.9. The number of hydrogen-bond donors (Lipinski definition) is 1. The first kappa shape index (κ1) is 17.2. The Balaban J connectivity index is 1.90. The summed E-state index contributed by atoms with van der Waals surface area (Å²) in [6.45, 7) is 6.81. The fourth-order valence-corrected chi connectivity index (χ4v) is 2.22. The molecule has 0 aliphatic rings. The van der Waals surface area contributed by atoms with E-state index < -0.39 is 0 Å². The lowest BCUT2D eigenvalue weighted by atomic mass is 10.2. The molecule has 4 nitrogen and oxygen atoms in total. The first-order valence-electron chi connectivity index (χ1n) is 7.93. The van der Waals surface area contributed by atoms with E-state index in [0.29, 0.717) is 13.2 Å². The lowest BCUT2D eigenvalue weighted by Crippen LogP contribution is -2.14. The van der Waals surface area contributed by atoms with Crippen LogP contribution in [0.4, 0.5) is 0 Å². The zero-order valence-corrected chi connectivity index (χ0v) is 14.1. The summed E-state index contributed by atoms with van der Waals surface area (Å²) >= 11 is 0. The van der Waals surface area contributed by atoms with Gasteiger partial charge in [-0.15, -0.1) is 0 Å². The molecule has 0 fully saturated rings. The minimum absolute atomic E-state index is 0.486. The molecule has 2 rings (SSSR count). The topological polar surface area (TPSA) is 39.7 Å². The Hall–Kier alpha value is -2.20. The van der Waals surface area contributed by atoms with Gasteiger partial charge in [0.05, 0.1) is 7.11 Å². The van der Waals surface area contributed by atoms with Crippen LogP contribution in [-0.2, 0) is 6.54 Å². The van der Waals surface area contributed by atoms with E-state index in [-0.39, 0.29) is 0 Å². The van der Waals surface area contributed by atoms with E-state index in [4.69, 9.17) is 14.2 Å². The molecule has 0 aromatic heterocycles. The monoisotopic (exact) mass is 315 g/mol. The summed E-state index contributed by atoms with van der Waals surface area (Å²) in [5.74, 6) is 2.49. The summed E-state index contributed by atoms with van der Waals surface area (Å²) in [6, 6.07) is 13.9. The fraction of sp³-hybridized carbons (Fsp3) is 0.368. The second kappa shape index (κ2) is 9.06. The molecule has 0 heterocycles.